The van der Waals surface area contributed by atoms with E-state index in [1.807, 2.05) is 37.3 Å². The molecule has 0 spiro atoms. The highest BCUT2D eigenvalue weighted by Crippen LogP contribution is 2.53. The molecule has 0 fully saturated rings. The first-order chi connectivity index (χ1) is 18.4. The van der Waals surface area contributed by atoms with Gasteiger partial charge in [-0.15, -0.1) is 0 Å². The van der Waals surface area contributed by atoms with E-state index < -0.39 is 23.2 Å². The first-order valence-corrected chi connectivity index (χ1v) is 15.8. The van der Waals surface area contributed by atoms with Crippen LogP contribution in [0.15, 0.2) is 120 Å². The van der Waals surface area contributed by atoms with Crippen molar-refractivity contribution in [1.82, 2.24) is 5.32 Å². The van der Waals surface area contributed by atoms with Crippen LogP contribution in [0.2, 0.25) is 0 Å². The molecule has 0 heterocycles. The summed E-state index contributed by atoms with van der Waals surface area (Å²) in [5.74, 6) is 0.0782. The van der Waals surface area contributed by atoms with Gasteiger partial charge in [-0.3, -0.25) is 5.32 Å². The molecule has 8 heteroatoms. The second-order valence-corrected chi connectivity index (χ2v) is 12.9. The van der Waals surface area contributed by atoms with Gasteiger partial charge in [-0.25, -0.2) is 13.0 Å². The molecule has 4 aromatic rings. The van der Waals surface area contributed by atoms with Crippen LogP contribution in [0.25, 0.3) is 0 Å². The van der Waals surface area contributed by atoms with Crippen molar-refractivity contribution in [2.45, 2.75) is 42.7 Å². The molecular weight excluding hydrogens is 517 g/mol. The van der Waals surface area contributed by atoms with E-state index in [0.717, 1.165) is 5.56 Å². The summed E-state index contributed by atoms with van der Waals surface area (Å²) >= 11 is 0. The number of hydrogen-bond donors (Lipinski definition) is 1. The first kappa shape index (κ1) is 27.6. The Hall–Kier alpha value is -3.38. The van der Waals surface area contributed by atoms with Crippen LogP contribution in [0, 0.1) is 0 Å². The lowest BCUT2D eigenvalue weighted by atomic mass is 10.2. The van der Waals surface area contributed by atoms with Gasteiger partial charge in [-0.2, -0.15) is 0 Å². The number of rotatable bonds is 13. The topological polar surface area (TPSA) is 81.7 Å². The van der Waals surface area contributed by atoms with E-state index in [9.17, 15) is 13.0 Å². The second-order valence-electron chi connectivity index (χ2n) is 8.89. The molecule has 4 aromatic carbocycles. The summed E-state index contributed by atoms with van der Waals surface area (Å²) in [7, 11) is -7.41. The molecular formula is C30H32NO5PS. The molecule has 0 aliphatic rings. The number of nitrogens with one attached hydrogen (secondary N) is 1. The predicted octanol–water partition coefficient (Wildman–Crippen LogP) is 7.23. The van der Waals surface area contributed by atoms with Gasteiger partial charge in [0.1, 0.15) is 17.3 Å². The Bertz CT molecular complexity index is 1400. The molecule has 198 valence electrons. The van der Waals surface area contributed by atoms with Crippen LogP contribution < -0.4 is 14.4 Å². The summed E-state index contributed by atoms with van der Waals surface area (Å²) in [6.07, 6.45) is 1.21. The summed E-state index contributed by atoms with van der Waals surface area (Å²) in [6, 6.07) is 33.9. The summed E-state index contributed by atoms with van der Waals surface area (Å²) in [5, 5.41) is 3.32. The van der Waals surface area contributed by atoms with Crippen molar-refractivity contribution in [1.29, 1.82) is 0 Å². The van der Waals surface area contributed by atoms with Crippen molar-refractivity contribution in [3.8, 4) is 11.5 Å². The van der Waals surface area contributed by atoms with Crippen LogP contribution in [-0.4, -0.2) is 14.2 Å². The van der Waals surface area contributed by atoms with Crippen molar-refractivity contribution >= 4 is 17.4 Å². The van der Waals surface area contributed by atoms with Crippen LogP contribution in [0.1, 0.15) is 30.9 Å². The molecule has 0 radical (unpaired) electrons. The lowest BCUT2D eigenvalue weighted by molar-refractivity contribution is 0.353. The molecule has 4 rings (SSSR count). The minimum atomic E-state index is -3.80. The molecule has 0 saturated heterocycles. The highest BCUT2D eigenvalue weighted by molar-refractivity contribution is 7.90. The van der Waals surface area contributed by atoms with E-state index in [-0.39, 0.29) is 17.2 Å². The quantitative estimate of drug-likeness (QED) is 0.177. The number of sulfone groups is 1. The van der Waals surface area contributed by atoms with Crippen molar-refractivity contribution in [3.05, 3.63) is 126 Å². The zero-order valence-electron chi connectivity index (χ0n) is 21.3. The van der Waals surface area contributed by atoms with Crippen LogP contribution >= 0.6 is 7.60 Å². The van der Waals surface area contributed by atoms with Gasteiger partial charge in [0, 0.05) is 6.54 Å². The summed E-state index contributed by atoms with van der Waals surface area (Å²) in [4.78, 5) is 0.245. The fourth-order valence-corrected chi connectivity index (χ4v) is 7.72. The van der Waals surface area contributed by atoms with Crippen LogP contribution in [0.3, 0.4) is 0 Å². The van der Waals surface area contributed by atoms with E-state index in [4.69, 9.17) is 9.05 Å². The Morgan fingerprint density at radius 2 is 1.24 bits per heavy atom. The Kier molecular flexibility index (Phi) is 9.40. The summed E-state index contributed by atoms with van der Waals surface area (Å²) < 4.78 is 53.1. The van der Waals surface area contributed by atoms with Gasteiger partial charge in [0.25, 0.3) is 0 Å². The Balaban J connectivity index is 1.61. The minimum absolute atomic E-state index is 0.101. The molecule has 0 amide bonds. The summed E-state index contributed by atoms with van der Waals surface area (Å²) in [5.41, 5.74) is 1.31. The Labute approximate surface area is 225 Å². The van der Waals surface area contributed by atoms with Gasteiger partial charge in [0.05, 0.1) is 10.6 Å². The van der Waals surface area contributed by atoms with Crippen molar-refractivity contribution in [2.75, 3.05) is 0 Å². The van der Waals surface area contributed by atoms with E-state index >= 15 is 0 Å². The minimum Gasteiger partial charge on any atom is -0.415 e. The molecule has 0 aliphatic carbocycles. The second kappa shape index (κ2) is 12.9. The highest BCUT2D eigenvalue weighted by atomic mass is 32.2. The third kappa shape index (κ3) is 7.35. The van der Waals surface area contributed by atoms with Gasteiger partial charge in [-0.1, -0.05) is 98.3 Å². The Morgan fingerprint density at radius 1 is 0.737 bits per heavy atom. The van der Waals surface area contributed by atoms with Crippen LogP contribution in [0.4, 0.5) is 0 Å². The maximum Gasteiger partial charge on any atom is 0.447 e. The van der Waals surface area contributed by atoms with E-state index in [0.29, 0.717) is 29.9 Å². The average Bonchev–Trinajstić information content (AvgIpc) is 2.92. The smallest absolute Gasteiger partial charge is 0.415 e. The first-order valence-electron chi connectivity index (χ1n) is 12.6. The van der Waals surface area contributed by atoms with Gasteiger partial charge in [-0.05, 0) is 47.9 Å². The zero-order valence-corrected chi connectivity index (χ0v) is 23.0. The SMILES string of the molecule is CCCC(NCc1ccccc1S(=O)(=O)Cc1ccccc1)P(=O)(Oc1ccccc1)Oc1ccccc1. The molecule has 1 unspecified atom stereocenters. The lowest BCUT2D eigenvalue weighted by Gasteiger charge is -2.28. The third-order valence-electron chi connectivity index (χ3n) is 5.93. The number of hydrogen-bond acceptors (Lipinski definition) is 6. The average molecular weight is 550 g/mol. The third-order valence-corrected chi connectivity index (χ3v) is 9.85. The molecule has 1 N–H and O–H groups in total. The zero-order chi connectivity index (χ0) is 26.8. The largest absolute Gasteiger partial charge is 0.447 e. The Morgan fingerprint density at radius 3 is 1.79 bits per heavy atom. The number of para-hydroxylation sites is 2. The fraction of sp³-hybridized carbons (Fsp3) is 0.200. The van der Waals surface area contributed by atoms with Crippen molar-refractivity contribution in [3.63, 3.8) is 0 Å². The van der Waals surface area contributed by atoms with Gasteiger partial charge >= 0.3 is 7.60 Å². The molecule has 0 saturated carbocycles. The maximum absolute atomic E-state index is 14.4. The normalized spacial score (nSPS) is 12.6. The van der Waals surface area contributed by atoms with Gasteiger partial charge in [0.15, 0.2) is 9.84 Å². The lowest BCUT2D eigenvalue weighted by Crippen LogP contribution is -2.32. The molecule has 0 aromatic heterocycles. The number of benzene rings is 4. The summed E-state index contributed by atoms with van der Waals surface area (Å²) in [6.45, 7) is 2.16. The van der Waals surface area contributed by atoms with Crippen LogP contribution in [-0.2, 0) is 26.7 Å². The van der Waals surface area contributed by atoms with Gasteiger partial charge in [0.2, 0.25) is 0 Å². The van der Waals surface area contributed by atoms with E-state index in [1.165, 1.54) is 0 Å². The predicted molar refractivity (Wildman–Crippen MR) is 151 cm³/mol. The fourth-order valence-electron chi connectivity index (χ4n) is 4.10. The molecule has 1 atom stereocenters. The monoisotopic (exact) mass is 549 g/mol. The van der Waals surface area contributed by atoms with Crippen molar-refractivity contribution in [2.24, 2.45) is 0 Å². The van der Waals surface area contributed by atoms with Gasteiger partial charge < -0.3 is 9.05 Å². The molecule has 38 heavy (non-hydrogen) atoms. The van der Waals surface area contributed by atoms with Crippen LogP contribution in [0.5, 0.6) is 11.5 Å². The standard InChI is InChI=1S/C30H32NO5PS/c1-2-14-30(37(32,35-27-18-8-4-9-19-27)36-28-20-10-5-11-21-28)31-23-26-17-12-13-22-29(26)38(33,34)24-25-15-6-3-7-16-25/h3-13,15-22,30-31H,2,14,23-24H2,1H3. The van der Waals surface area contributed by atoms with E-state index in [2.05, 4.69) is 5.32 Å². The maximum atomic E-state index is 14.4. The highest BCUT2D eigenvalue weighted by Gasteiger charge is 2.39. The van der Waals surface area contributed by atoms with E-state index in [1.54, 1.807) is 84.9 Å². The van der Waals surface area contributed by atoms with Crippen molar-refractivity contribution < 1.29 is 22.0 Å². The molecule has 6 nitrogen and oxygen atoms in total. The molecule has 0 bridgehead atoms. The molecule has 0 aliphatic heterocycles.